The van der Waals surface area contributed by atoms with Gasteiger partial charge in [-0.3, -0.25) is 19.2 Å². The van der Waals surface area contributed by atoms with Gasteiger partial charge in [-0.1, -0.05) is 35.9 Å². The first-order chi connectivity index (χ1) is 18.3. The number of hydrogen-bond acceptors (Lipinski definition) is 7. The van der Waals surface area contributed by atoms with Crippen LogP contribution >= 0.6 is 0 Å². The van der Waals surface area contributed by atoms with E-state index in [1.165, 1.54) is 16.8 Å². The molecule has 11 heteroatoms. The number of nitrogens with zero attached hydrogens (tertiary/aromatic N) is 3. The molecule has 1 aliphatic rings. The Bertz CT molecular complexity index is 1580. The van der Waals surface area contributed by atoms with Crippen molar-refractivity contribution in [1.82, 2.24) is 25.2 Å². The second-order valence-electron chi connectivity index (χ2n) is 8.98. The monoisotopic (exact) mass is 512 g/mol. The molecule has 0 aliphatic carbocycles. The molecule has 0 saturated carbocycles. The van der Waals surface area contributed by atoms with Crippen LogP contribution in [-0.4, -0.2) is 44.7 Å². The van der Waals surface area contributed by atoms with Crippen LogP contribution in [0.5, 0.6) is 5.75 Å². The average molecular weight is 513 g/mol. The van der Waals surface area contributed by atoms with Crippen LogP contribution in [0.2, 0.25) is 0 Å². The van der Waals surface area contributed by atoms with Crippen LogP contribution in [-0.2, 0) is 22.6 Å². The summed E-state index contributed by atoms with van der Waals surface area (Å²) in [6, 6.07) is 14.2. The van der Waals surface area contributed by atoms with Crippen LogP contribution in [0, 0.1) is 6.92 Å². The van der Waals surface area contributed by atoms with Gasteiger partial charge in [-0.2, -0.15) is 5.10 Å². The largest absolute Gasteiger partial charge is 0.486 e. The van der Waals surface area contributed by atoms with E-state index in [0.717, 1.165) is 16.7 Å². The van der Waals surface area contributed by atoms with Gasteiger partial charge in [0.2, 0.25) is 5.91 Å². The zero-order valence-corrected chi connectivity index (χ0v) is 20.4. The molecule has 0 unspecified atom stereocenters. The van der Waals surface area contributed by atoms with Crippen molar-refractivity contribution in [2.24, 2.45) is 5.73 Å². The van der Waals surface area contributed by atoms with Gasteiger partial charge in [0, 0.05) is 30.7 Å². The number of carbonyl (C=O) groups is 4. The molecule has 3 heterocycles. The number of carbonyl (C=O) groups excluding carboxylic acids is 4. The third kappa shape index (κ3) is 5.07. The third-order valence-corrected chi connectivity index (χ3v) is 6.15. The molecule has 0 radical (unpaired) electrons. The molecule has 3 amide bonds. The van der Waals surface area contributed by atoms with Crippen LogP contribution in [0.25, 0.3) is 5.65 Å². The van der Waals surface area contributed by atoms with Crippen LogP contribution in [0.3, 0.4) is 0 Å². The fourth-order valence-corrected chi connectivity index (χ4v) is 4.19. The van der Waals surface area contributed by atoms with Gasteiger partial charge in [-0.25, -0.2) is 9.50 Å². The number of nitrogens with one attached hydrogen (secondary N) is 2. The van der Waals surface area contributed by atoms with Gasteiger partial charge in [0.15, 0.2) is 11.4 Å². The zero-order valence-electron chi connectivity index (χ0n) is 20.4. The molecular weight excluding hydrogens is 488 g/mol. The quantitative estimate of drug-likeness (QED) is 0.338. The molecule has 192 valence electrons. The predicted octanol–water partition coefficient (Wildman–Crippen LogP) is 1.43. The van der Waals surface area contributed by atoms with E-state index in [-0.39, 0.29) is 42.4 Å². The van der Waals surface area contributed by atoms with Crippen molar-refractivity contribution in [1.29, 1.82) is 0 Å². The van der Waals surface area contributed by atoms with E-state index in [9.17, 15) is 19.2 Å². The second kappa shape index (κ2) is 10.1. The summed E-state index contributed by atoms with van der Waals surface area (Å²) in [4.78, 5) is 54.4. The fourth-order valence-electron chi connectivity index (χ4n) is 4.19. The van der Waals surface area contributed by atoms with Crippen molar-refractivity contribution in [2.45, 2.75) is 25.9 Å². The molecule has 11 nitrogen and oxygen atoms in total. The van der Waals surface area contributed by atoms with E-state index in [0.29, 0.717) is 11.3 Å². The maximum Gasteiger partial charge on any atom is 0.271 e. The second-order valence-corrected chi connectivity index (χ2v) is 8.98. The number of ketones is 1. The highest BCUT2D eigenvalue weighted by molar-refractivity contribution is 6.00. The summed E-state index contributed by atoms with van der Waals surface area (Å²) < 4.78 is 6.69. The van der Waals surface area contributed by atoms with Gasteiger partial charge in [0.25, 0.3) is 11.8 Å². The van der Waals surface area contributed by atoms with Crippen molar-refractivity contribution in [3.63, 3.8) is 0 Å². The molecular formula is C27H24N6O5. The number of hydrogen-bond donors (Lipinski definition) is 3. The first-order valence-corrected chi connectivity index (χ1v) is 11.8. The highest BCUT2D eigenvalue weighted by Gasteiger charge is 2.24. The Hall–Kier alpha value is -5.06. The minimum absolute atomic E-state index is 0.00736. The summed E-state index contributed by atoms with van der Waals surface area (Å²) in [7, 11) is 0. The number of amides is 3. The minimum atomic E-state index is -1.08. The number of aryl methyl sites for hydroxylation is 1. The van der Waals surface area contributed by atoms with Gasteiger partial charge in [0.05, 0.1) is 6.20 Å². The van der Waals surface area contributed by atoms with Crippen LogP contribution in [0.15, 0.2) is 60.8 Å². The minimum Gasteiger partial charge on any atom is -0.486 e. The molecule has 4 aromatic rings. The number of fused-ring (bicyclic) bond motifs is 2. The molecule has 0 bridgehead atoms. The average Bonchev–Trinajstić information content (AvgIpc) is 3.38. The molecule has 2 aromatic carbocycles. The molecule has 5 rings (SSSR count). The van der Waals surface area contributed by atoms with Crippen LogP contribution < -0.4 is 21.1 Å². The standard InChI is InChI=1S/C27H24N6O5/c1-15-2-5-17(6-3-15)24(25(28)35)32-27(37)21-12-20(31-23-8-9-30-33(21)23)26(36)29-13-16-4-7-22-18(10-16)11-19(34)14-38-22/h2-10,12,24H,11,13-14H2,1H3,(H2,28,35)(H,29,36)(H,32,37)/t24-/m1/s1. The first kappa shape index (κ1) is 24.6. The Morgan fingerprint density at radius 1 is 1.08 bits per heavy atom. The van der Waals surface area contributed by atoms with Crippen molar-refractivity contribution in [3.05, 3.63) is 94.4 Å². The number of nitrogens with two attached hydrogens (primary N) is 1. The Balaban J connectivity index is 1.36. The molecule has 1 aliphatic heterocycles. The number of primary amides is 1. The predicted molar refractivity (Wildman–Crippen MR) is 135 cm³/mol. The highest BCUT2D eigenvalue weighted by atomic mass is 16.5. The maximum atomic E-state index is 13.3. The number of rotatable bonds is 7. The van der Waals surface area contributed by atoms with Crippen molar-refractivity contribution in [3.8, 4) is 5.75 Å². The zero-order chi connectivity index (χ0) is 26.8. The summed E-state index contributed by atoms with van der Waals surface area (Å²) in [5.41, 5.74) is 8.91. The van der Waals surface area contributed by atoms with E-state index in [4.69, 9.17) is 10.5 Å². The molecule has 0 saturated heterocycles. The summed E-state index contributed by atoms with van der Waals surface area (Å²) >= 11 is 0. The van der Waals surface area contributed by atoms with Crippen molar-refractivity contribution in [2.75, 3.05) is 6.61 Å². The first-order valence-electron chi connectivity index (χ1n) is 11.8. The Labute approximate surface area is 217 Å². The van der Waals surface area contributed by atoms with Crippen LogP contribution in [0.4, 0.5) is 0 Å². The molecule has 38 heavy (non-hydrogen) atoms. The number of Topliss-reactive ketones (excluding diaryl/α,β-unsaturated/α-hetero) is 1. The molecule has 4 N–H and O–H groups in total. The molecule has 0 spiro atoms. The van der Waals surface area contributed by atoms with Gasteiger partial charge in [-0.05, 0) is 30.2 Å². The van der Waals surface area contributed by atoms with E-state index in [1.807, 2.05) is 25.1 Å². The lowest BCUT2D eigenvalue weighted by Gasteiger charge is -2.17. The number of aromatic nitrogens is 3. The Morgan fingerprint density at radius 2 is 1.87 bits per heavy atom. The Kier molecular flexibility index (Phi) is 6.56. The van der Waals surface area contributed by atoms with E-state index in [2.05, 4.69) is 20.7 Å². The summed E-state index contributed by atoms with van der Waals surface area (Å²) in [5.74, 6) is -1.26. The van der Waals surface area contributed by atoms with Gasteiger partial charge in [0.1, 0.15) is 29.8 Å². The summed E-state index contributed by atoms with van der Waals surface area (Å²) in [6.45, 7) is 2.14. The lowest BCUT2D eigenvalue weighted by Crippen LogP contribution is -2.38. The van der Waals surface area contributed by atoms with Crippen molar-refractivity contribution < 1.29 is 23.9 Å². The molecule has 1 atom stereocenters. The third-order valence-electron chi connectivity index (χ3n) is 6.15. The normalized spacial score (nSPS) is 13.3. The van der Waals surface area contributed by atoms with Gasteiger partial charge in [-0.15, -0.1) is 0 Å². The number of benzene rings is 2. The summed E-state index contributed by atoms with van der Waals surface area (Å²) in [6.07, 6.45) is 1.73. The lowest BCUT2D eigenvalue weighted by molar-refractivity contribution is -0.121. The Morgan fingerprint density at radius 3 is 2.63 bits per heavy atom. The van der Waals surface area contributed by atoms with Gasteiger partial charge >= 0.3 is 0 Å². The van der Waals surface area contributed by atoms with E-state index in [1.54, 1.807) is 30.3 Å². The maximum absolute atomic E-state index is 13.3. The van der Waals surface area contributed by atoms with Crippen molar-refractivity contribution >= 4 is 29.2 Å². The fraction of sp³-hybridized carbons (Fsp3) is 0.185. The molecule has 0 fully saturated rings. The smallest absolute Gasteiger partial charge is 0.271 e. The molecule has 2 aromatic heterocycles. The SMILES string of the molecule is Cc1ccc([C@@H](NC(=O)c2cc(C(=O)NCc3ccc4c(c3)CC(=O)CO4)nc3ccnn23)C(N)=O)cc1. The van der Waals surface area contributed by atoms with E-state index >= 15 is 0 Å². The van der Waals surface area contributed by atoms with Crippen LogP contribution in [0.1, 0.15) is 49.3 Å². The topological polar surface area (TPSA) is 158 Å². The van der Waals surface area contributed by atoms with Gasteiger partial charge < -0.3 is 21.1 Å². The number of ether oxygens (including phenoxy) is 1. The highest BCUT2D eigenvalue weighted by Crippen LogP contribution is 2.24. The lowest BCUT2D eigenvalue weighted by atomic mass is 10.0. The summed E-state index contributed by atoms with van der Waals surface area (Å²) in [5, 5.41) is 9.54. The van der Waals surface area contributed by atoms with E-state index < -0.39 is 23.8 Å².